The van der Waals surface area contributed by atoms with E-state index in [2.05, 4.69) is 137 Å². The molecule has 0 aliphatic rings. The highest BCUT2D eigenvalue weighted by Gasteiger charge is 2.21. The van der Waals surface area contributed by atoms with E-state index in [9.17, 15) is 0 Å². The Balaban J connectivity index is 1.04. The van der Waals surface area contributed by atoms with E-state index >= 15 is 0 Å². The van der Waals surface area contributed by atoms with Crippen LogP contribution in [0, 0.1) is 0 Å². The SMILES string of the molecule is c1ccc(-c2nc(-c3ccccc3)nc(-c3ccc4c(c3)sc3ccc(-n5c6ccccc6c6c5ccc5c7ccccc7n(-c7ccccc7)c56)cc34)n2)cc1. The van der Waals surface area contributed by atoms with Crippen molar-refractivity contribution in [2.75, 3.05) is 0 Å². The second kappa shape index (κ2) is 12.6. The Morgan fingerprint density at radius 3 is 1.61 bits per heavy atom. The summed E-state index contributed by atoms with van der Waals surface area (Å²) >= 11 is 1.80. The lowest BCUT2D eigenvalue weighted by molar-refractivity contribution is 1.07. The molecule has 0 bridgehead atoms. The Hall–Kier alpha value is -7.41. The molecule has 57 heavy (non-hydrogen) atoms. The molecular weight excluding hydrogens is 715 g/mol. The smallest absolute Gasteiger partial charge is 0.164 e. The number of aromatic nitrogens is 5. The summed E-state index contributed by atoms with van der Waals surface area (Å²) in [6, 6.07) is 66.7. The predicted octanol–water partition coefficient (Wildman–Crippen LogP) is 13.4. The Morgan fingerprint density at radius 2 is 0.912 bits per heavy atom. The maximum atomic E-state index is 5.00. The third-order valence-corrected chi connectivity index (χ3v) is 12.3. The summed E-state index contributed by atoms with van der Waals surface area (Å²) in [4.78, 5) is 14.9. The predicted molar refractivity (Wildman–Crippen MR) is 238 cm³/mol. The first kappa shape index (κ1) is 31.9. The van der Waals surface area contributed by atoms with Crippen LogP contribution in [0.4, 0.5) is 0 Å². The standard InChI is InChI=1S/C51H31N5S/c1-4-14-32(15-5-1)49-52-50(33-16-6-2-7-17-33)54-51(53-49)34-24-26-38-41-31-36(25-29-45(41)57-46(38)30-34)55-43-23-13-11-21-40(43)47-44(55)28-27-39-37-20-10-12-22-42(37)56(48(39)47)35-18-8-3-9-19-35/h1-31H. The van der Waals surface area contributed by atoms with Gasteiger partial charge < -0.3 is 9.13 Å². The maximum Gasteiger partial charge on any atom is 0.164 e. The van der Waals surface area contributed by atoms with Gasteiger partial charge in [0.15, 0.2) is 17.5 Å². The molecule has 0 radical (unpaired) electrons. The van der Waals surface area contributed by atoms with Crippen molar-refractivity contribution < 1.29 is 0 Å². The molecule has 0 fully saturated rings. The number of hydrogen-bond donors (Lipinski definition) is 0. The van der Waals surface area contributed by atoms with Crippen molar-refractivity contribution in [3.63, 3.8) is 0 Å². The molecule has 0 saturated heterocycles. The molecule has 8 aromatic carbocycles. The molecule has 0 aliphatic heterocycles. The molecule has 0 saturated carbocycles. The van der Waals surface area contributed by atoms with E-state index in [1.54, 1.807) is 11.3 Å². The first-order valence-electron chi connectivity index (χ1n) is 19.1. The summed E-state index contributed by atoms with van der Waals surface area (Å²) in [5.74, 6) is 1.98. The highest BCUT2D eigenvalue weighted by atomic mass is 32.1. The van der Waals surface area contributed by atoms with Gasteiger partial charge in [-0.3, -0.25) is 0 Å². The van der Waals surface area contributed by atoms with Crippen LogP contribution in [0.2, 0.25) is 0 Å². The largest absolute Gasteiger partial charge is 0.309 e. The number of benzene rings is 8. The average Bonchev–Trinajstić information content (AvgIpc) is 3.94. The number of para-hydroxylation sites is 3. The van der Waals surface area contributed by atoms with Crippen LogP contribution in [0.5, 0.6) is 0 Å². The van der Waals surface area contributed by atoms with Crippen molar-refractivity contribution in [3.8, 4) is 45.5 Å². The van der Waals surface area contributed by atoms with E-state index in [4.69, 9.17) is 15.0 Å². The average molecular weight is 746 g/mol. The second-order valence-corrected chi connectivity index (χ2v) is 15.5. The van der Waals surface area contributed by atoms with Crippen molar-refractivity contribution in [2.24, 2.45) is 0 Å². The second-order valence-electron chi connectivity index (χ2n) is 14.4. The van der Waals surface area contributed by atoms with Gasteiger partial charge in [0.05, 0.1) is 22.1 Å². The van der Waals surface area contributed by atoms with Crippen LogP contribution in [0.1, 0.15) is 0 Å². The molecule has 4 heterocycles. The third kappa shape index (κ3) is 4.98. The molecule has 0 N–H and O–H groups in total. The van der Waals surface area contributed by atoms with Gasteiger partial charge in [-0.2, -0.15) is 0 Å². The summed E-state index contributed by atoms with van der Waals surface area (Å²) in [6.45, 7) is 0. The molecule has 12 rings (SSSR count). The summed E-state index contributed by atoms with van der Waals surface area (Å²) in [7, 11) is 0. The lowest BCUT2D eigenvalue weighted by Gasteiger charge is -2.10. The first-order valence-corrected chi connectivity index (χ1v) is 19.9. The van der Waals surface area contributed by atoms with Gasteiger partial charge in [-0.15, -0.1) is 11.3 Å². The summed E-state index contributed by atoms with van der Waals surface area (Å²) in [6.07, 6.45) is 0. The van der Waals surface area contributed by atoms with Crippen molar-refractivity contribution in [3.05, 3.63) is 188 Å². The van der Waals surface area contributed by atoms with Gasteiger partial charge in [-0.05, 0) is 54.6 Å². The van der Waals surface area contributed by atoms with Crippen LogP contribution in [0.25, 0.3) is 109 Å². The van der Waals surface area contributed by atoms with Crippen LogP contribution in [-0.4, -0.2) is 24.1 Å². The van der Waals surface area contributed by atoms with Crippen LogP contribution in [-0.2, 0) is 0 Å². The van der Waals surface area contributed by atoms with Crippen LogP contribution >= 0.6 is 11.3 Å². The number of fused-ring (bicyclic) bond motifs is 10. The van der Waals surface area contributed by atoms with E-state index in [-0.39, 0.29) is 0 Å². The Morgan fingerprint density at radius 1 is 0.333 bits per heavy atom. The maximum absolute atomic E-state index is 5.00. The van der Waals surface area contributed by atoms with Crippen molar-refractivity contribution in [2.45, 2.75) is 0 Å². The Kier molecular flexibility index (Phi) is 7.03. The van der Waals surface area contributed by atoms with Gasteiger partial charge >= 0.3 is 0 Å². The highest BCUT2D eigenvalue weighted by molar-refractivity contribution is 7.25. The lowest BCUT2D eigenvalue weighted by atomic mass is 10.1. The highest BCUT2D eigenvalue weighted by Crippen LogP contribution is 2.43. The minimum Gasteiger partial charge on any atom is -0.309 e. The third-order valence-electron chi connectivity index (χ3n) is 11.2. The number of thiophene rings is 1. The van der Waals surface area contributed by atoms with Gasteiger partial charge in [0, 0.05) is 69.8 Å². The minimum absolute atomic E-state index is 0.660. The molecule has 12 aromatic rings. The molecule has 5 nitrogen and oxygen atoms in total. The molecule has 0 amide bonds. The monoisotopic (exact) mass is 745 g/mol. The fourth-order valence-electron chi connectivity index (χ4n) is 8.61. The molecule has 0 spiro atoms. The molecule has 266 valence electrons. The van der Waals surface area contributed by atoms with Crippen molar-refractivity contribution in [1.29, 1.82) is 0 Å². The number of hydrogen-bond acceptors (Lipinski definition) is 4. The zero-order valence-electron chi connectivity index (χ0n) is 30.5. The van der Waals surface area contributed by atoms with Gasteiger partial charge in [0.25, 0.3) is 0 Å². The van der Waals surface area contributed by atoms with Crippen LogP contribution in [0.3, 0.4) is 0 Å². The number of nitrogens with zero attached hydrogens (tertiary/aromatic N) is 5. The fourth-order valence-corrected chi connectivity index (χ4v) is 9.74. The topological polar surface area (TPSA) is 48.5 Å². The normalized spacial score (nSPS) is 11.9. The van der Waals surface area contributed by atoms with Gasteiger partial charge in [-0.1, -0.05) is 133 Å². The molecule has 4 aromatic heterocycles. The van der Waals surface area contributed by atoms with Gasteiger partial charge in [0.2, 0.25) is 0 Å². The molecule has 0 unspecified atom stereocenters. The summed E-state index contributed by atoms with van der Waals surface area (Å²) in [5.41, 5.74) is 9.98. The number of rotatable bonds is 5. The zero-order valence-corrected chi connectivity index (χ0v) is 31.4. The lowest BCUT2D eigenvalue weighted by Crippen LogP contribution is -1.99. The molecular formula is C51H31N5S. The first-order chi connectivity index (χ1) is 28.3. The van der Waals surface area contributed by atoms with Gasteiger partial charge in [-0.25, -0.2) is 15.0 Å². The zero-order chi connectivity index (χ0) is 37.5. The Labute approximate surface area is 331 Å². The quantitative estimate of drug-likeness (QED) is 0.176. The minimum atomic E-state index is 0.660. The summed E-state index contributed by atoms with van der Waals surface area (Å²) < 4.78 is 7.31. The molecule has 0 aliphatic carbocycles. The fraction of sp³-hybridized carbons (Fsp3) is 0. The van der Waals surface area contributed by atoms with E-state index in [0.29, 0.717) is 17.5 Å². The van der Waals surface area contributed by atoms with Crippen molar-refractivity contribution >= 4 is 75.1 Å². The summed E-state index contributed by atoms with van der Waals surface area (Å²) in [5, 5.41) is 7.45. The van der Waals surface area contributed by atoms with E-state index < -0.39 is 0 Å². The van der Waals surface area contributed by atoms with E-state index in [1.807, 2.05) is 60.7 Å². The van der Waals surface area contributed by atoms with E-state index in [0.717, 1.165) is 28.1 Å². The molecule has 0 atom stereocenters. The molecule has 6 heteroatoms. The van der Waals surface area contributed by atoms with Crippen LogP contribution < -0.4 is 0 Å². The van der Waals surface area contributed by atoms with Crippen LogP contribution in [0.15, 0.2) is 188 Å². The van der Waals surface area contributed by atoms with Crippen molar-refractivity contribution in [1.82, 2.24) is 24.1 Å². The van der Waals surface area contributed by atoms with E-state index in [1.165, 1.54) is 63.8 Å². The van der Waals surface area contributed by atoms with Gasteiger partial charge in [0.1, 0.15) is 0 Å². The Bertz CT molecular complexity index is 3450.